The number of hydrogen-bond donors (Lipinski definition) is 1. The van der Waals surface area contributed by atoms with Crippen LogP contribution in [0.5, 0.6) is 0 Å². The molecule has 0 aliphatic carbocycles. The van der Waals surface area contributed by atoms with Gasteiger partial charge in [-0.3, -0.25) is 0 Å². The molecule has 1 aromatic heterocycles. The van der Waals surface area contributed by atoms with Gasteiger partial charge in [-0.15, -0.1) is 5.10 Å². The van der Waals surface area contributed by atoms with Crippen molar-refractivity contribution in [1.82, 2.24) is 25.5 Å². The van der Waals surface area contributed by atoms with Crippen LogP contribution in [-0.4, -0.2) is 40.0 Å². The predicted molar refractivity (Wildman–Crippen MR) is 72.6 cm³/mol. The van der Waals surface area contributed by atoms with E-state index in [0.717, 1.165) is 38.5 Å². The van der Waals surface area contributed by atoms with E-state index in [1.807, 2.05) is 4.68 Å². The zero-order valence-corrected chi connectivity index (χ0v) is 12.2. The van der Waals surface area contributed by atoms with Gasteiger partial charge in [-0.25, -0.2) is 4.68 Å². The average molecular weight is 267 g/mol. The van der Waals surface area contributed by atoms with Crippen molar-refractivity contribution >= 4 is 0 Å². The first-order valence-electron chi connectivity index (χ1n) is 7.24. The van der Waals surface area contributed by atoms with E-state index < -0.39 is 0 Å². The Morgan fingerprint density at radius 2 is 2.26 bits per heavy atom. The molecule has 19 heavy (non-hydrogen) atoms. The van der Waals surface area contributed by atoms with E-state index in [1.165, 1.54) is 6.42 Å². The first-order chi connectivity index (χ1) is 9.16. The number of tetrazole rings is 1. The molecule has 1 N–H and O–H groups in total. The van der Waals surface area contributed by atoms with Crippen molar-refractivity contribution in [3.8, 4) is 0 Å². The fourth-order valence-electron chi connectivity index (χ4n) is 2.35. The molecule has 6 heteroatoms. The third-order valence-electron chi connectivity index (χ3n) is 3.46. The van der Waals surface area contributed by atoms with Gasteiger partial charge in [-0.05, 0) is 42.7 Å². The molecule has 6 nitrogen and oxygen atoms in total. The summed E-state index contributed by atoms with van der Waals surface area (Å²) in [5.74, 6) is 2.08. The van der Waals surface area contributed by atoms with E-state index in [-0.39, 0.29) is 6.04 Å². The van der Waals surface area contributed by atoms with Gasteiger partial charge in [0.05, 0.1) is 12.6 Å². The van der Waals surface area contributed by atoms with Gasteiger partial charge in [0, 0.05) is 19.1 Å². The summed E-state index contributed by atoms with van der Waals surface area (Å²) in [6, 6.07) is 0.182. The number of ether oxygens (including phenoxy) is 1. The van der Waals surface area contributed by atoms with E-state index in [0.29, 0.717) is 11.8 Å². The van der Waals surface area contributed by atoms with Crippen molar-refractivity contribution < 1.29 is 4.74 Å². The van der Waals surface area contributed by atoms with Gasteiger partial charge in [-0.2, -0.15) is 0 Å². The average Bonchev–Trinajstić information content (AvgIpc) is 2.85. The van der Waals surface area contributed by atoms with E-state index in [9.17, 15) is 0 Å². The van der Waals surface area contributed by atoms with E-state index in [1.54, 1.807) is 0 Å². The van der Waals surface area contributed by atoms with Crippen LogP contribution in [0.2, 0.25) is 0 Å². The molecule has 0 bridgehead atoms. The van der Waals surface area contributed by atoms with Crippen LogP contribution < -0.4 is 5.32 Å². The molecule has 2 heterocycles. The highest BCUT2D eigenvalue weighted by Crippen LogP contribution is 2.17. The van der Waals surface area contributed by atoms with E-state index in [2.05, 4.69) is 41.6 Å². The fourth-order valence-corrected chi connectivity index (χ4v) is 2.35. The minimum absolute atomic E-state index is 0.182. The standard InChI is InChI=1S/C13H25N5O/c1-10(2)7-14-11(3)13-15-16-17-18(13)8-12-5-4-6-19-9-12/h10-12,14H,4-9H2,1-3H3. The quantitative estimate of drug-likeness (QED) is 0.844. The van der Waals surface area contributed by atoms with Crippen LogP contribution in [0, 0.1) is 11.8 Å². The molecule has 1 aromatic rings. The summed E-state index contributed by atoms with van der Waals surface area (Å²) in [5, 5.41) is 15.6. The van der Waals surface area contributed by atoms with Crippen LogP contribution in [-0.2, 0) is 11.3 Å². The Kier molecular flexibility index (Phi) is 5.27. The molecular formula is C13H25N5O. The number of hydrogen-bond acceptors (Lipinski definition) is 5. The molecule has 0 aromatic carbocycles. The highest BCUT2D eigenvalue weighted by Gasteiger charge is 2.19. The normalized spacial score (nSPS) is 21.8. The van der Waals surface area contributed by atoms with Gasteiger partial charge in [0.1, 0.15) is 0 Å². The van der Waals surface area contributed by atoms with Crippen LogP contribution in [0.25, 0.3) is 0 Å². The van der Waals surface area contributed by atoms with Gasteiger partial charge >= 0.3 is 0 Å². The molecule has 0 amide bonds. The minimum atomic E-state index is 0.182. The Labute approximate surface area is 114 Å². The Balaban J connectivity index is 1.92. The third-order valence-corrected chi connectivity index (χ3v) is 3.46. The van der Waals surface area contributed by atoms with Crippen molar-refractivity contribution in [3.05, 3.63) is 5.82 Å². The number of rotatable bonds is 6. The number of nitrogens with zero attached hydrogens (tertiary/aromatic N) is 4. The van der Waals surface area contributed by atoms with Gasteiger partial charge in [-0.1, -0.05) is 13.8 Å². The molecule has 0 saturated carbocycles. The smallest absolute Gasteiger partial charge is 0.167 e. The summed E-state index contributed by atoms with van der Waals surface area (Å²) in [6.07, 6.45) is 2.34. The molecule has 2 unspecified atom stereocenters. The fraction of sp³-hybridized carbons (Fsp3) is 0.923. The second-order valence-corrected chi connectivity index (χ2v) is 5.83. The molecule has 2 rings (SSSR count). The Bertz CT molecular complexity index is 373. The largest absolute Gasteiger partial charge is 0.381 e. The summed E-state index contributed by atoms with van der Waals surface area (Å²) in [7, 11) is 0. The highest BCUT2D eigenvalue weighted by atomic mass is 16.5. The molecule has 1 saturated heterocycles. The second-order valence-electron chi connectivity index (χ2n) is 5.83. The predicted octanol–water partition coefficient (Wildman–Crippen LogP) is 1.41. The van der Waals surface area contributed by atoms with Crippen molar-refractivity contribution in [2.75, 3.05) is 19.8 Å². The summed E-state index contributed by atoms with van der Waals surface area (Å²) in [6.45, 7) is 10.1. The van der Waals surface area contributed by atoms with Gasteiger partial charge in [0.25, 0.3) is 0 Å². The lowest BCUT2D eigenvalue weighted by Gasteiger charge is -2.23. The third kappa shape index (κ3) is 4.24. The Morgan fingerprint density at radius 1 is 1.42 bits per heavy atom. The lowest BCUT2D eigenvalue weighted by atomic mass is 10.0. The molecule has 0 spiro atoms. The highest BCUT2D eigenvalue weighted by molar-refractivity contribution is 4.90. The Hall–Kier alpha value is -1.01. The molecule has 1 aliphatic rings. The molecule has 1 aliphatic heterocycles. The summed E-state index contributed by atoms with van der Waals surface area (Å²) in [5.41, 5.74) is 0. The van der Waals surface area contributed by atoms with Crippen LogP contribution in [0.4, 0.5) is 0 Å². The lowest BCUT2D eigenvalue weighted by Crippen LogP contribution is -2.28. The van der Waals surface area contributed by atoms with Crippen molar-refractivity contribution in [3.63, 3.8) is 0 Å². The van der Waals surface area contributed by atoms with Crippen LogP contribution in [0.1, 0.15) is 45.5 Å². The second kappa shape index (κ2) is 6.96. The zero-order valence-electron chi connectivity index (χ0n) is 12.2. The van der Waals surface area contributed by atoms with Crippen LogP contribution in [0.3, 0.4) is 0 Å². The maximum absolute atomic E-state index is 5.51. The monoisotopic (exact) mass is 267 g/mol. The Morgan fingerprint density at radius 3 is 2.95 bits per heavy atom. The first-order valence-corrected chi connectivity index (χ1v) is 7.24. The van der Waals surface area contributed by atoms with Crippen LogP contribution >= 0.6 is 0 Å². The molecule has 1 fully saturated rings. The maximum Gasteiger partial charge on any atom is 0.167 e. The van der Waals surface area contributed by atoms with Gasteiger partial charge in [0.2, 0.25) is 0 Å². The first kappa shape index (κ1) is 14.4. The van der Waals surface area contributed by atoms with Crippen molar-refractivity contribution in [2.45, 2.75) is 46.2 Å². The van der Waals surface area contributed by atoms with Crippen molar-refractivity contribution in [1.29, 1.82) is 0 Å². The SMILES string of the molecule is CC(C)CNC(C)c1nnnn1CC1CCCOC1. The summed E-state index contributed by atoms with van der Waals surface area (Å²) < 4.78 is 7.44. The molecule has 2 atom stereocenters. The van der Waals surface area contributed by atoms with Gasteiger partial charge in [0.15, 0.2) is 5.82 Å². The van der Waals surface area contributed by atoms with Gasteiger partial charge < -0.3 is 10.1 Å². The summed E-state index contributed by atoms with van der Waals surface area (Å²) in [4.78, 5) is 0. The molecule has 108 valence electrons. The zero-order chi connectivity index (χ0) is 13.7. The van der Waals surface area contributed by atoms with Crippen molar-refractivity contribution in [2.24, 2.45) is 11.8 Å². The number of aromatic nitrogens is 4. The topological polar surface area (TPSA) is 64.9 Å². The minimum Gasteiger partial charge on any atom is -0.381 e. The summed E-state index contributed by atoms with van der Waals surface area (Å²) >= 11 is 0. The van der Waals surface area contributed by atoms with E-state index in [4.69, 9.17) is 4.74 Å². The van der Waals surface area contributed by atoms with Crippen LogP contribution in [0.15, 0.2) is 0 Å². The maximum atomic E-state index is 5.51. The number of nitrogens with one attached hydrogen (secondary N) is 1. The lowest BCUT2D eigenvalue weighted by molar-refractivity contribution is 0.0462. The van der Waals surface area contributed by atoms with E-state index >= 15 is 0 Å². The molecular weight excluding hydrogens is 242 g/mol. The molecule has 0 radical (unpaired) electrons.